The van der Waals surface area contributed by atoms with Crippen LogP contribution in [0.15, 0.2) is 29.3 Å². The number of carbonyl (C=O) groups is 2. The molecule has 0 aliphatic carbocycles. The van der Waals surface area contributed by atoms with Gasteiger partial charge in [-0.05, 0) is 24.3 Å². The average Bonchev–Trinajstić information content (AvgIpc) is 3.65. The summed E-state index contributed by atoms with van der Waals surface area (Å²) < 4.78 is 58.5. The normalized spacial score (nSPS) is 21.6. The molecule has 0 bridgehead atoms. The quantitative estimate of drug-likeness (QED) is 0.356. The molecule has 2 saturated heterocycles. The number of carbonyl (C=O) groups excluding carboxylic acids is 2. The second kappa shape index (κ2) is 11.9. The predicted molar refractivity (Wildman–Crippen MR) is 163 cm³/mol. The third-order valence-electron chi connectivity index (χ3n) is 8.21. The van der Waals surface area contributed by atoms with Crippen LogP contribution < -0.4 is 5.32 Å². The summed E-state index contributed by atoms with van der Waals surface area (Å²) in [6.07, 6.45) is 6.74. The average molecular weight is 661 g/mol. The Kier molecular flexibility index (Phi) is 8.28. The third kappa shape index (κ3) is 6.00. The van der Waals surface area contributed by atoms with Gasteiger partial charge in [0.1, 0.15) is 10.4 Å². The number of nitrogens with zero attached hydrogens (tertiary/aromatic N) is 4. The number of rotatable bonds is 6. The number of fused-ring (bicyclic) bond motifs is 2. The van der Waals surface area contributed by atoms with Crippen molar-refractivity contribution in [1.29, 1.82) is 0 Å². The van der Waals surface area contributed by atoms with Crippen molar-refractivity contribution in [1.82, 2.24) is 29.4 Å². The van der Waals surface area contributed by atoms with E-state index < -0.39 is 37.2 Å². The Hall–Kier alpha value is -3.33. The molecule has 6 rings (SSSR count). The second-order valence-corrected chi connectivity index (χ2v) is 16.3. The zero-order valence-corrected chi connectivity index (χ0v) is 26.4. The van der Waals surface area contributed by atoms with E-state index in [9.17, 15) is 26.4 Å². The van der Waals surface area contributed by atoms with Gasteiger partial charge in [-0.2, -0.15) is 4.31 Å². The van der Waals surface area contributed by atoms with E-state index in [0.29, 0.717) is 48.5 Å². The van der Waals surface area contributed by atoms with E-state index in [1.165, 1.54) is 26.6 Å². The summed E-state index contributed by atoms with van der Waals surface area (Å²) in [7, 11) is -7.36. The third-order valence-corrected chi connectivity index (χ3v) is 12.4. The Labute approximate surface area is 259 Å². The van der Waals surface area contributed by atoms with E-state index in [4.69, 9.17) is 11.2 Å². The minimum Gasteiger partial charge on any atom is -0.378 e. The largest absolute Gasteiger partial charge is 0.378 e. The maximum Gasteiger partial charge on any atom is 0.283 e. The molecule has 1 aromatic carbocycles. The highest BCUT2D eigenvalue weighted by atomic mass is 32.2. The Morgan fingerprint density at radius 2 is 1.91 bits per heavy atom. The predicted octanol–water partition coefficient (Wildman–Crippen LogP) is 0.386. The van der Waals surface area contributed by atoms with Crippen LogP contribution in [0.4, 0.5) is 0 Å². The lowest BCUT2D eigenvalue weighted by atomic mass is 10.1. The van der Waals surface area contributed by atoms with E-state index in [-0.39, 0.29) is 55.0 Å². The summed E-state index contributed by atoms with van der Waals surface area (Å²) in [5.41, 5.74) is 1.80. The molecule has 2 fully saturated rings. The lowest BCUT2D eigenvalue weighted by Gasteiger charge is -2.41. The van der Waals surface area contributed by atoms with Crippen LogP contribution in [-0.4, -0.2) is 116 Å². The molecule has 2 N–H and O–H groups in total. The van der Waals surface area contributed by atoms with Crippen LogP contribution >= 0.6 is 11.3 Å². The van der Waals surface area contributed by atoms with Crippen LogP contribution in [0.5, 0.6) is 0 Å². The number of hydrogen-bond acceptors (Lipinski definition) is 10. The summed E-state index contributed by atoms with van der Waals surface area (Å²) >= 11 is 1.18. The van der Waals surface area contributed by atoms with Crippen molar-refractivity contribution in [3.8, 4) is 12.3 Å². The number of aromatic amines is 1. The highest BCUT2D eigenvalue weighted by Gasteiger charge is 2.40. The molecule has 2 aromatic heterocycles. The van der Waals surface area contributed by atoms with Gasteiger partial charge in [-0.15, -0.1) is 17.8 Å². The lowest BCUT2D eigenvalue weighted by molar-refractivity contribution is -0.136. The monoisotopic (exact) mass is 660 g/mol. The topological polar surface area (TPSA) is 162 Å². The van der Waals surface area contributed by atoms with Crippen LogP contribution in [0.25, 0.3) is 10.9 Å². The summed E-state index contributed by atoms with van der Waals surface area (Å²) in [6, 6.07) is 5.97. The van der Waals surface area contributed by atoms with Crippen molar-refractivity contribution in [3.63, 3.8) is 0 Å². The molecule has 3 aliphatic heterocycles. The van der Waals surface area contributed by atoms with Gasteiger partial charge < -0.3 is 19.5 Å². The van der Waals surface area contributed by atoms with E-state index >= 15 is 0 Å². The molecule has 0 saturated carbocycles. The molecule has 5 heterocycles. The van der Waals surface area contributed by atoms with Crippen LogP contribution in [-0.2, 0) is 42.4 Å². The number of amides is 2. The summed E-state index contributed by atoms with van der Waals surface area (Å²) in [4.78, 5) is 38.6. The molecule has 44 heavy (non-hydrogen) atoms. The zero-order valence-electron chi connectivity index (χ0n) is 24.0. The number of H-pyrrole nitrogens is 1. The van der Waals surface area contributed by atoms with Gasteiger partial charge in [0.2, 0.25) is 5.91 Å². The van der Waals surface area contributed by atoms with Crippen molar-refractivity contribution >= 4 is 53.9 Å². The van der Waals surface area contributed by atoms with Gasteiger partial charge in [-0.3, -0.25) is 14.9 Å². The molecule has 2 amide bonds. The molecule has 0 radical (unpaired) electrons. The fourth-order valence-electron chi connectivity index (χ4n) is 5.76. The summed E-state index contributed by atoms with van der Waals surface area (Å²) in [6.45, 7) is 1.92. The van der Waals surface area contributed by atoms with Crippen LogP contribution in [0.3, 0.4) is 0 Å². The molecular formula is C28H32N6O7S3. The number of hydrogen-bond donors (Lipinski definition) is 2. The van der Waals surface area contributed by atoms with Gasteiger partial charge in [0.25, 0.3) is 15.9 Å². The van der Waals surface area contributed by atoms with E-state index in [1.807, 2.05) is 0 Å². The standard InChI is InChI=1S/C28H32N6O7S3/c1-3-18-4-5-21-19(12-18)13-25(30-21)44(39,40)33-6-7-34(20(17-33)14-26(35)32-8-10-41-11-9-32)28(36)27-31-22-15-24(43(2,37)38)29-16-23(22)42-27/h1,4-5,12-13,20,24,29-30H,6-11,14-17H2,2H3. The Morgan fingerprint density at radius 1 is 1.14 bits per heavy atom. The first-order chi connectivity index (χ1) is 20.9. The smallest absolute Gasteiger partial charge is 0.283 e. The number of thiazole rings is 1. The number of morpholine rings is 1. The number of nitrogens with one attached hydrogen (secondary N) is 2. The maximum atomic E-state index is 13.9. The van der Waals surface area contributed by atoms with Crippen molar-refractivity contribution in [3.05, 3.63) is 45.4 Å². The second-order valence-electron chi connectivity index (χ2n) is 11.1. The van der Waals surface area contributed by atoms with Crippen molar-refractivity contribution in [2.24, 2.45) is 0 Å². The molecule has 3 aliphatic rings. The zero-order chi connectivity index (χ0) is 31.2. The molecule has 16 heteroatoms. The molecule has 2 unspecified atom stereocenters. The van der Waals surface area contributed by atoms with E-state index in [2.05, 4.69) is 21.2 Å². The Balaban J connectivity index is 1.26. The minimum atomic E-state index is -4.01. The highest BCUT2D eigenvalue weighted by Crippen LogP contribution is 2.29. The number of piperazine rings is 1. The first kappa shape index (κ1) is 30.7. The summed E-state index contributed by atoms with van der Waals surface area (Å²) in [5, 5.41) is 3.05. The number of terminal acetylenes is 1. The number of sulfone groups is 1. The SMILES string of the molecule is C#Cc1ccc2[nH]c(S(=O)(=O)N3CCN(C(=O)c4nc5c(s4)CNC(S(C)(=O)=O)C5)C(CC(=O)N4CCOCC4)C3)cc2c1. The Bertz CT molecular complexity index is 1870. The first-order valence-electron chi connectivity index (χ1n) is 14.1. The van der Waals surface area contributed by atoms with E-state index in [0.717, 1.165) is 11.1 Å². The number of aromatic nitrogens is 2. The summed E-state index contributed by atoms with van der Waals surface area (Å²) in [5.74, 6) is 1.94. The van der Waals surface area contributed by atoms with Gasteiger partial charge in [0.05, 0.1) is 24.9 Å². The minimum absolute atomic E-state index is 0.000216. The van der Waals surface area contributed by atoms with Crippen LogP contribution in [0, 0.1) is 12.3 Å². The maximum absolute atomic E-state index is 13.9. The highest BCUT2D eigenvalue weighted by molar-refractivity contribution is 7.91. The van der Waals surface area contributed by atoms with Crippen molar-refractivity contribution in [2.45, 2.75) is 35.8 Å². The number of benzene rings is 1. The van der Waals surface area contributed by atoms with Gasteiger partial charge in [-0.25, -0.2) is 21.8 Å². The van der Waals surface area contributed by atoms with Crippen LogP contribution in [0.2, 0.25) is 0 Å². The van der Waals surface area contributed by atoms with E-state index in [1.54, 1.807) is 23.1 Å². The first-order valence-corrected chi connectivity index (χ1v) is 18.3. The molecule has 0 spiro atoms. The fourth-order valence-corrected chi connectivity index (χ4v) is 9.08. The van der Waals surface area contributed by atoms with Gasteiger partial charge >= 0.3 is 0 Å². The molecule has 2 atom stereocenters. The fraction of sp³-hybridized carbons (Fsp3) is 0.464. The molecule has 3 aromatic rings. The molecule has 234 valence electrons. The molecule has 13 nitrogen and oxygen atoms in total. The van der Waals surface area contributed by atoms with Gasteiger partial charge in [0.15, 0.2) is 14.8 Å². The van der Waals surface area contributed by atoms with Crippen molar-refractivity contribution in [2.75, 3.05) is 52.2 Å². The van der Waals surface area contributed by atoms with Gasteiger partial charge in [-0.1, -0.05) is 5.92 Å². The number of sulfonamides is 1. The van der Waals surface area contributed by atoms with Crippen LogP contribution in [0.1, 0.15) is 32.4 Å². The number of ether oxygens (including phenoxy) is 1. The van der Waals surface area contributed by atoms with Gasteiger partial charge in [0, 0.05) is 79.7 Å². The molecular weight excluding hydrogens is 629 g/mol. The van der Waals surface area contributed by atoms with Crippen molar-refractivity contribution < 1.29 is 31.2 Å². The Morgan fingerprint density at radius 3 is 2.64 bits per heavy atom. The lowest BCUT2D eigenvalue weighted by Crippen LogP contribution is -2.58.